The van der Waals surface area contributed by atoms with Crippen molar-refractivity contribution >= 4 is 15.7 Å². The van der Waals surface area contributed by atoms with E-state index in [1.54, 1.807) is 4.72 Å². The van der Waals surface area contributed by atoms with Crippen molar-refractivity contribution in [2.45, 2.75) is 10.8 Å². The van der Waals surface area contributed by atoms with E-state index in [4.69, 9.17) is 5.11 Å². The zero-order valence-electron chi connectivity index (χ0n) is 9.42. The minimum atomic E-state index is -4.31. The summed E-state index contributed by atoms with van der Waals surface area (Å²) in [6, 6.07) is 3.98. The zero-order valence-corrected chi connectivity index (χ0v) is 10.2. The molecule has 0 heterocycles. The molecule has 0 spiro atoms. The average Bonchev–Trinajstić information content (AvgIpc) is 2.37. The summed E-state index contributed by atoms with van der Waals surface area (Å²) in [5.74, 6) is -3.60. The van der Waals surface area contributed by atoms with Crippen molar-refractivity contribution in [2.75, 3.05) is 13.2 Å². The third kappa shape index (κ3) is 4.19. The second kappa shape index (κ2) is 5.55. The standard InChI is InChI=1S/C9H10F2N2O5S/c10-9(11,6-14)5-12-19(17,18)8-3-1-2-7(4-8)13(15)16/h1-4,12,14H,5-6H2. The van der Waals surface area contributed by atoms with Crippen LogP contribution >= 0.6 is 0 Å². The lowest BCUT2D eigenvalue weighted by Gasteiger charge is -2.14. The first-order valence-electron chi connectivity index (χ1n) is 4.91. The number of sulfonamides is 1. The summed E-state index contributed by atoms with van der Waals surface area (Å²) >= 11 is 0. The Labute approximate surface area is 107 Å². The number of rotatable bonds is 6. The maximum Gasteiger partial charge on any atom is 0.283 e. The van der Waals surface area contributed by atoms with Crippen LogP contribution < -0.4 is 4.72 Å². The fourth-order valence-corrected chi connectivity index (χ4v) is 2.21. The predicted molar refractivity (Wildman–Crippen MR) is 60.3 cm³/mol. The van der Waals surface area contributed by atoms with E-state index in [2.05, 4.69) is 0 Å². The van der Waals surface area contributed by atoms with Crippen LogP contribution in [-0.4, -0.2) is 37.5 Å². The molecule has 0 amide bonds. The molecule has 1 rings (SSSR count). The Hall–Kier alpha value is -1.65. The summed E-state index contributed by atoms with van der Waals surface area (Å²) in [6.45, 7) is -2.81. The number of alkyl halides is 2. The van der Waals surface area contributed by atoms with Gasteiger partial charge in [-0.25, -0.2) is 21.9 Å². The lowest BCUT2D eigenvalue weighted by molar-refractivity contribution is -0.385. The fourth-order valence-electron chi connectivity index (χ4n) is 1.10. The van der Waals surface area contributed by atoms with Crippen molar-refractivity contribution in [3.8, 4) is 0 Å². The summed E-state index contributed by atoms with van der Waals surface area (Å²) < 4.78 is 50.3. The second-order valence-electron chi connectivity index (χ2n) is 3.59. The van der Waals surface area contributed by atoms with Crippen LogP contribution in [0.15, 0.2) is 29.2 Å². The zero-order chi connectivity index (χ0) is 14.7. The summed E-state index contributed by atoms with van der Waals surface area (Å²) in [5.41, 5.74) is -0.475. The number of nitrogens with zero attached hydrogens (tertiary/aromatic N) is 1. The van der Waals surface area contributed by atoms with E-state index in [9.17, 15) is 27.3 Å². The van der Waals surface area contributed by atoms with Gasteiger partial charge in [0.15, 0.2) is 0 Å². The van der Waals surface area contributed by atoms with Crippen LogP contribution in [0.5, 0.6) is 0 Å². The topological polar surface area (TPSA) is 110 Å². The Balaban J connectivity index is 2.95. The highest BCUT2D eigenvalue weighted by Gasteiger charge is 2.30. The minimum Gasteiger partial charge on any atom is -0.390 e. The SMILES string of the molecule is O=[N+]([O-])c1cccc(S(=O)(=O)NCC(F)(F)CO)c1. The van der Waals surface area contributed by atoms with Crippen molar-refractivity contribution in [1.29, 1.82) is 0 Å². The molecule has 0 unspecified atom stereocenters. The number of nitro benzene ring substituents is 1. The molecule has 106 valence electrons. The van der Waals surface area contributed by atoms with Gasteiger partial charge >= 0.3 is 0 Å². The van der Waals surface area contributed by atoms with Crippen LogP contribution in [0.2, 0.25) is 0 Å². The first-order valence-corrected chi connectivity index (χ1v) is 6.39. The van der Waals surface area contributed by atoms with Crippen LogP contribution in [-0.2, 0) is 10.0 Å². The van der Waals surface area contributed by atoms with Gasteiger partial charge in [0.25, 0.3) is 11.6 Å². The Bertz CT molecular complexity index is 576. The number of halogens is 2. The maximum absolute atomic E-state index is 12.7. The molecule has 19 heavy (non-hydrogen) atoms. The highest BCUT2D eigenvalue weighted by molar-refractivity contribution is 7.89. The fraction of sp³-hybridized carbons (Fsp3) is 0.333. The smallest absolute Gasteiger partial charge is 0.283 e. The molecule has 0 aliphatic heterocycles. The number of hydrogen-bond donors (Lipinski definition) is 2. The van der Waals surface area contributed by atoms with Gasteiger partial charge in [0.2, 0.25) is 10.0 Å². The third-order valence-corrected chi connectivity index (χ3v) is 3.49. The number of benzene rings is 1. The summed E-state index contributed by atoms with van der Waals surface area (Å²) in [6.07, 6.45) is 0. The lowest BCUT2D eigenvalue weighted by atomic mass is 10.3. The number of hydrogen-bond acceptors (Lipinski definition) is 5. The normalized spacial score (nSPS) is 12.4. The quantitative estimate of drug-likeness (QED) is 0.587. The Morgan fingerprint density at radius 3 is 2.58 bits per heavy atom. The van der Waals surface area contributed by atoms with Gasteiger partial charge in [0, 0.05) is 12.1 Å². The van der Waals surface area contributed by atoms with E-state index in [1.165, 1.54) is 0 Å². The first-order chi connectivity index (χ1) is 8.68. The van der Waals surface area contributed by atoms with Crippen LogP contribution in [0.25, 0.3) is 0 Å². The third-order valence-electron chi connectivity index (χ3n) is 2.09. The van der Waals surface area contributed by atoms with Gasteiger partial charge in [-0.2, -0.15) is 0 Å². The van der Waals surface area contributed by atoms with E-state index < -0.39 is 44.6 Å². The molecule has 10 heteroatoms. The Morgan fingerprint density at radius 2 is 2.05 bits per heavy atom. The van der Waals surface area contributed by atoms with Gasteiger partial charge in [0.1, 0.15) is 6.61 Å². The number of aliphatic hydroxyl groups is 1. The van der Waals surface area contributed by atoms with Gasteiger partial charge in [-0.3, -0.25) is 10.1 Å². The van der Waals surface area contributed by atoms with Crippen LogP contribution in [0.3, 0.4) is 0 Å². The highest BCUT2D eigenvalue weighted by atomic mass is 32.2. The molecular formula is C9H10F2N2O5S. The van der Waals surface area contributed by atoms with E-state index >= 15 is 0 Å². The molecule has 1 aromatic carbocycles. The lowest BCUT2D eigenvalue weighted by Crippen LogP contribution is -2.38. The van der Waals surface area contributed by atoms with Crippen LogP contribution in [0.4, 0.5) is 14.5 Å². The molecule has 0 saturated carbocycles. The molecule has 2 N–H and O–H groups in total. The van der Waals surface area contributed by atoms with E-state index in [0.29, 0.717) is 0 Å². The number of nitro groups is 1. The monoisotopic (exact) mass is 296 g/mol. The molecule has 0 radical (unpaired) electrons. The van der Waals surface area contributed by atoms with E-state index in [0.717, 1.165) is 24.3 Å². The number of non-ortho nitro benzene ring substituents is 1. The molecule has 0 aliphatic rings. The van der Waals surface area contributed by atoms with Crippen molar-refractivity contribution in [1.82, 2.24) is 4.72 Å². The largest absolute Gasteiger partial charge is 0.390 e. The van der Waals surface area contributed by atoms with Gasteiger partial charge < -0.3 is 5.11 Å². The molecular weight excluding hydrogens is 286 g/mol. The number of aliphatic hydroxyl groups excluding tert-OH is 1. The average molecular weight is 296 g/mol. The van der Waals surface area contributed by atoms with Crippen LogP contribution in [0.1, 0.15) is 0 Å². The van der Waals surface area contributed by atoms with E-state index in [1.807, 2.05) is 0 Å². The van der Waals surface area contributed by atoms with Gasteiger partial charge in [0.05, 0.1) is 16.4 Å². The van der Waals surface area contributed by atoms with Crippen molar-refractivity contribution in [3.05, 3.63) is 34.4 Å². The Kier molecular flexibility index (Phi) is 4.50. The summed E-state index contributed by atoms with van der Waals surface area (Å²) in [7, 11) is -4.31. The molecule has 1 aromatic rings. The molecule has 0 saturated heterocycles. The minimum absolute atomic E-state index is 0.475. The molecule has 0 aromatic heterocycles. The predicted octanol–water partition coefficient (Wildman–Crippen LogP) is 0.501. The first kappa shape index (κ1) is 15.4. The molecule has 0 atom stereocenters. The van der Waals surface area contributed by atoms with Crippen molar-refractivity contribution in [2.24, 2.45) is 0 Å². The van der Waals surface area contributed by atoms with Gasteiger partial charge in [-0.05, 0) is 6.07 Å². The van der Waals surface area contributed by atoms with Crippen molar-refractivity contribution < 1.29 is 27.2 Å². The number of nitrogens with one attached hydrogen (secondary N) is 1. The van der Waals surface area contributed by atoms with Gasteiger partial charge in [-0.1, -0.05) is 6.07 Å². The Morgan fingerprint density at radius 1 is 1.42 bits per heavy atom. The maximum atomic E-state index is 12.7. The van der Waals surface area contributed by atoms with Crippen LogP contribution in [0, 0.1) is 10.1 Å². The second-order valence-corrected chi connectivity index (χ2v) is 5.36. The summed E-state index contributed by atoms with van der Waals surface area (Å²) in [5, 5.41) is 18.8. The van der Waals surface area contributed by atoms with Crippen molar-refractivity contribution in [3.63, 3.8) is 0 Å². The highest BCUT2D eigenvalue weighted by Crippen LogP contribution is 2.18. The molecule has 0 bridgehead atoms. The summed E-state index contributed by atoms with van der Waals surface area (Å²) in [4.78, 5) is 9.17. The van der Waals surface area contributed by atoms with E-state index in [-0.39, 0.29) is 0 Å². The molecule has 0 aliphatic carbocycles. The molecule has 0 fully saturated rings. The molecule has 7 nitrogen and oxygen atoms in total. The van der Waals surface area contributed by atoms with Gasteiger partial charge in [-0.15, -0.1) is 0 Å².